The van der Waals surface area contributed by atoms with Gasteiger partial charge in [0.15, 0.2) is 16.8 Å². The normalized spacial score (nSPS) is 32.0. The number of fused-ring (bicyclic) bond motifs is 1. The molecule has 0 spiro atoms. The van der Waals surface area contributed by atoms with E-state index in [1.165, 1.54) is 0 Å². The molecule has 26 heavy (non-hydrogen) atoms. The molecule has 3 aliphatic rings. The van der Waals surface area contributed by atoms with Crippen molar-refractivity contribution in [1.29, 1.82) is 0 Å². The maximum absolute atomic E-state index is 13.3. The Hall–Kier alpha value is -1.42. The first-order valence-corrected chi connectivity index (χ1v) is 10.1. The fraction of sp³-hybridized carbons (Fsp3) is 0.750. The molecular weight excluding hydrogens is 369 g/mol. The van der Waals surface area contributed by atoms with Gasteiger partial charge >= 0.3 is 6.18 Å². The van der Waals surface area contributed by atoms with Crippen molar-refractivity contribution >= 4 is 22.8 Å². The Morgan fingerprint density at radius 1 is 1.31 bits per heavy atom. The Kier molecular flexibility index (Phi) is 4.37. The Morgan fingerprint density at radius 3 is 2.54 bits per heavy atom. The van der Waals surface area contributed by atoms with E-state index in [1.54, 1.807) is 0 Å². The molecule has 4 atom stereocenters. The van der Waals surface area contributed by atoms with Gasteiger partial charge in [0.25, 0.3) is 0 Å². The van der Waals surface area contributed by atoms with Crippen molar-refractivity contribution in [3.05, 3.63) is 11.8 Å². The number of anilines is 2. The number of nitrogens with zero attached hydrogens (tertiary/aromatic N) is 4. The van der Waals surface area contributed by atoms with Crippen LogP contribution in [-0.4, -0.2) is 50.2 Å². The van der Waals surface area contributed by atoms with Crippen LogP contribution in [0.3, 0.4) is 0 Å². The predicted molar refractivity (Wildman–Crippen MR) is 91.4 cm³/mol. The van der Waals surface area contributed by atoms with E-state index >= 15 is 0 Å². The number of rotatable bonds is 4. The van der Waals surface area contributed by atoms with Crippen molar-refractivity contribution in [1.82, 2.24) is 9.97 Å². The highest BCUT2D eigenvalue weighted by molar-refractivity contribution is 7.79. The van der Waals surface area contributed by atoms with Crippen LogP contribution in [0.5, 0.6) is 0 Å². The first kappa shape index (κ1) is 18.0. The van der Waals surface area contributed by atoms with Gasteiger partial charge in [-0.1, -0.05) is 0 Å². The van der Waals surface area contributed by atoms with Crippen LogP contribution in [0.1, 0.15) is 25.5 Å². The molecule has 144 valence electrons. The molecular formula is C16H21F3N4O2S. The fourth-order valence-corrected chi connectivity index (χ4v) is 5.16. The van der Waals surface area contributed by atoms with E-state index < -0.39 is 23.0 Å². The van der Waals surface area contributed by atoms with Crippen molar-refractivity contribution < 1.29 is 21.9 Å². The monoisotopic (exact) mass is 390 g/mol. The van der Waals surface area contributed by atoms with Crippen LogP contribution in [0.25, 0.3) is 0 Å². The van der Waals surface area contributed by atoms with Gasteiger partial charge in [-0.05, 0) is 37.5 Å². The lowest BCUT2D eigenvalue weighted by Crippen LogP contribution is -2.31. The number of alkyl halides is 3. The molecule has 0 radical (unpaired) electrons. The van der Waals surface area contributed by atoms with E-state index in [2.05, 4.69) is 9.97 Å². The van der Waals surface area contributed by atoms with Gasteiger partial charge in [0.05, 0.1) is 5.75 Å². The van der Waals surface area contributed by atoms with Crippen LogP contribution in [0.2, 0.25) is 0 Å². The summed E-state index contributed by atoms with van der Waals surface area (Å²) in [7, 11) is 0. The number of hydrogen-bond donors (Lipinski definition) is 1. The Labute approximate surface area is 152 Å². The molecule has 3 heterocycles. The minimum atomic E-state index is -4.52. The van der Waals surface area contributed by atoms with Gasteiger partial charge in [-0.3, -0.25) is 0 Å². The summed E-state index contributed by atoms with van der Waals surface area (Å²) in [6.07, 6.45) is -2.68. The average molecular weight is 390 g/mol. The van der Waals surface area contributed by atoms with Crippen molar-refractivity contribution in [2.75, 3.05) is 35.2 Å². The first-order valence-electron chi connectivity index (χ1n) is 8.79. The molecule has 3 fully saturated rings. The van der Waals surface area contributed by atoms with E-state index in [9.17, 15) is 17.4 Å². The minimum absolute atomic E-state index is 0.127. The molecule has 1 saturated carbocycles. The quantitative estimate of drug-likeness (QED) is 0.797. The van der Waals surface area contributed by atoms with E-state index in [1.807, 2.05) is 16.7 Å². The second-order valence-electron chi connectivity index (χ2n) is 7.48. The van der Waals surface area contributed by atoms with Crippen molar-refractivity contribution in [3.63, 3.8) is 0 Å². The molecule has 6 nitrogen and oxygen atoms in total. The summed E-state index contributed by atoms with van der Waals surface area (Å²) in [4.78, 5) is 11.9. The van der Waals surface area contributed by atoms with Crippen LogP contribution >= 0.6 is 0 Å². The highest BCUT2D eigenvalue weighted by Gasteiger charge is 2.56. The summed E-state index contributed by atoms with van der Waals surface area (Å²) >= 11 is -1.82. The van der Waals surface area contributed by atoms with Crippen LogP contribution in [0, 0.1) is 17.8 Å². The summed E-state index contributed by atoms with van der Waals surface area (Å²) in [6, 6.07) is 1.15. The molecule has 0 aromatic carbocycles. The zero-order chi connectivity index (χ0) is 18.6. The van der Waals surface area contributed by atoms with Gasteiger partial charge in [-0.2, -0.15) is 18.2 Å². The fourth-order valence-electron chi connectivity index (χ4n) is 4.34. The predicted octanol–water partition coefficient (Wildman–Crippen LogP) is 2.39. The Morgan fingerprint density at radius 2 is 2.00 bits per heavy atom. The largest absolute Gasteiger partial charge is 0.433 e. The third-order valence-electron chi connectivity index (χ3n) is 5.83. The molecule has 1 N–H and O–H groups in total. The molecule has 2 aliphatic heterocycles. The van der Waals surface area contributed by atoms with Gasteiger partial charge < -0.3 is 14.4 Å². The molecule has 3 unspecified atom stereocenters. The number of hydrogen-bond acceptors (Lipinski definition) is 5. The van der Waals surface area contributed by atoms with Gasteiger partial charge in [0, 0.05) is 31.7 Å². The standard InChI is InChI=1S/C16H21F3N4O2S/c1-9-3-2-4-23(9)15-20-13(16(17,18)19)5-14(21-15)22-6-10-11(7-22)12(10)8-26(24)25/h5,9-12H,2-4,6-8H2,1H3,(H,24,25)/t9-,10?,11?,12?/m0/s1. The van der Waals surface area contributed by atoms with Crippen LogP contribution in [0.15, 0.2) is 6.07 Å². The molecule has 0 amide bonds. The SMILES string of the molecule is C[C@H]1CCCN1c1nc(N2CC3C(C2)C3CS(=O)O)cc(C(F)(F)F)n1. The summed E-state index contributed by atoms with van der Waals surface area (Å²) < 4.78 is 59.9. The van der Waals surface area contributed by atoms with Crippen LogP contribution in [-0.2, 0) is 17.3 Å². The molecule has 10 heteroatoms. The highest BCUT2D eigenvalue weighted by atomic mass is 32.2. The number of aromatic nitrogens is 2. The molecule has 4 rings (SSSR count). The maximum Gasteiger partial charge on any atom is 0.433 e. The summed E-state index contributed by atoms with van der Waals surface area (Å²) in [6.45, 7) is 3.80. The topological polar surface area (TPSA) is 69.6 Å². The number of piperidine rings is 1. The Bertz CT molecular complexity index is 720. The van der Waals surface area contributed by atoms with Crippen LogP contribution in [0.4, 0.5) is 24.9 Å². The molecule has 1 aromatic heterocycles. The average Bonchev–Trinajstić information content (AvgIpc) is 2.95. The second-order valence-corrected chi connectivity index (χ2v) is 8.45. The summed E-state index contributed by atoms with van der Waals surface area (Å²) in [5.74, 6) is 1.43. The Balaban J connectivity index is 1.58. The lowest BCUT2D eigenvalue weighted by Gasteiger charge is -2.26. The third kappa shape index (κ3) is 3.28. The lowest BCUT2D eigenvalue weighted by atomic mass is 10.2. The molecule has 0 bridgehead atoms. The van der Waals surface area contributed by atoms with E-state index in [-0.39, 0.29) is 35.5 Å². The van der Waals surface area contributed by atoms with Crippen LogP contribution < -0.4 is 9.80 Å². The van der Waals surface area contributed by atoms with Gasteiger partial charge in [0.1, 0.15) is 5.82 Å². The van der Waals surface area contributed by atoms with E-state index in [4.69, 9.17) is 4.55 Å². The maximum atomic E-state index is 13.3. The van der Waals surface area contributed by atoms with Gasteiger partial charge in [0.2, 0.25) is 5.95 Å². The summed E-state index contributed by atoms with van der Waals surface area (Å²) in [5, 5.41) is 0. The van der Waals surface area contributed by atoms with Crippen molar-refractivity contribution in [2.24, 2.45) is 17.8 Å². The smallest absolute Gasteiger partial charge is 0.356 e. The van der Waals surface area contributed by atoms with E-state index in [0.29, 0.717) is 25.5 Å². The number of halogens is 3. The van der Waals surface area contributed by atoms with E-state index in [0.717, 1.165) is 18.9 Å². The molecule has 1 aromatic rings. The highest BCUT2D eigenvalue weighted by Crippen LogP contribution is 2.52. The summed E-state index contributed by atoms with van der Waals surface area (Å²) in [5.41, 5.74) is -0.912. The van der Waals surface area contributed by atoms with Crippen molar-refractivity contribution in [3.8, 4) is 0 Å². The van der Waals surface area contributed by atoms with Gasteiger partial charge in [-0.15, -0.1) is 0 Å². The zero-order valence-corrected chi connectivity index (χ0v) is 15.1. The second kappa shape index (κ2) is 6.33. The minimum Gasteiger partial charge on any atom is -0.356 e. The third-order valence-corrected chi connectivity index (χ3v) is 6.50. The van der Waals surface area contributed by atoms with Gasteiger partial charge in [-0.25, -0.2) is 9.19 Å². The first-order chi connectivity index (χ1) is 12.2. The lowest BCUT2D eigenvalue weighted by molar-refractivity contribution is -0.141. The molecule has 1 aliphatic carbocycles. The molecule has 2 saturated heterocycles. The zero-order valence-electron chi connectivity index (χ0n) is 14.3. The van der Waals surface area contributed by atoms with Crippen molar-refractivity contribution in [2.45, 2.75) is 32.0 Å².